The Labute approximate surface area is 176 Å². The van der Waals surface area contributed by atoms with Crippen LogP contribution in [0.15, 0.2) is 102 Å². The number of hydrogen-bond acceptors (Lipinski definition) is 0. The van der Waals surface area contributed by atoms with E-state index in [-0.39, 0.29) is 5.04 Å². The molecule has 0 aliphatic heterocycles. The molecule has 1 unspecified atom stereocenters. The summed E-state index contributed by atoms with van der Waals surface area (Å²) in [4.78, 5) is 0. The van der Waals surface area contributed by atoms with Crippen LogP contribution in [0.3, 0.4) is 0 Å². The third kappa shape index (κ3) is 2.88. The van der Waals surface area contributed by atoms with Gasteiger partial charge < -0.3 is 0 Å². The molecule has 4 rings (SSSR count). The van der Waals surface area contributed by atoms with Gasteiger partial charge in [0.25, 0.3) is 0 Å². The largest absolute Gasteiger partial charge is 0.162 e. The van der Waals surface area contributed by atoms with Crippen molar-refractivity contribution in [1.29, 1.82) is 0 Å². The first kappa shape index (κ1) is 19.7. The van der Waals surface area contributed by atoms with Gasteiger partial charge in [-0.25, -0.2) is 0 Å². The standard InChI is InChI=1S/C28H29Si/c1-21-16-18-27(19-17-21)29(25-12-8-6-9-13-25,26-14-10-7-11-15-26)28(5)20-22(2)23(3)24(28)4/h6-19H,1-5H3. The summed E-state index contributed by atoms with van der Waals surface area (Å²) in [6, 6.07) is 31.6. The molecule has 0 saturated carbocycles. The Morgan fingerprint density at radius 3 is 1.48 bits per heavy atom. The van der Waals surface area contributed by atoms with Crippen LogP contribution < -0.4 is 15.6 Å². The molecule has 0 nitrogen and oxygen atoms in total. The minimum atomic E-state index is -2.47. The predicted molar refractivity (Wildman–Crippen MR) is 128 cm³/mol. The zero-order chi connectivity index (χ0) is 20.6. The first-order chi connectivity index (χ1) is 13.9. The SMILES string of the molecule is CC1=[C]C(C)([Si](c2ccccc2)(c2ccccc2)c2ccc(C)cc2)C(C)=C1C. The lowest BCUT2D eigenvalue weighted by Gasteiger charge is -2.46. The van der Waals surface area contributed by atoms with Crippen molar-refractivity contribution in [1.82, 2.24) is 0 Å². The molecular formula is C28H29Si. The molecule has 3 aromatic rings. The monoisotopic (exact) mass is 393 g/mol. The zero-order valence-corrected chi connectivity index (χ0v) is 19.1. The second kappa shape index (κ2) is 7.31. The van der Waals surface area contributed by atoms with E-state index in [1.807, 2.05) is 0 Å². The Morgan fingerprint density at radius 2 is 1.07 bits per heavy atom. The summed E-state index contributed by atoms with van der Waals surface area (Å²) in [6.45, 7) is 11.4. The molecule has 1 atom stereocenters. The molecule has 1 radical (unpaired) electrons. The highest BCUT2D eigenvalue weighted by atomic mass is 28.3. The Bertz CT molecular complexity index is 1030. The molecule has 0 N–H and O–H groups in total. The molecule has 1 aliphatic carbocycles. The lowest BCUT2D eigenvalue weighted by Crippen LogP contribution is -2.73. The normalized spacial score (nSPS) is 19.4. The van der Waals surface area contributed by atoms with E-state index in [9.17, 15) is 0 Å². The number of allylic oxidation sites excluding steroid dienone is 4. The maximum atomic E-state index is 3.99. The summed E-state index contributed by atoms with van der Waals surface area (Å²) in [5, 5.41) is 4.16. The predicted octanol–water partition coefficient (Wildman–Crippen LogP) is 5.33. The molecule has 1 heteroatoms. The highest BCUT2D eigenvalue weighted by Crippen LogP contribution is 2.52. The van der Waals surface area contributed by atoms with Gasteiger partial charge in [-0.05, 0) is 60.5 Å². The third-order valence-corrected chi connectivity index (χ3v) is 12.6. The third-order valence-electron chi connectivity index (χ3n) is 6.96. The topological polar surface area (TPSA) is 0 Å². The van der Waals surface area contributed by atoms with Gasteiger partial charge in [-0.15, -0.1) is 0 Å². The van der Waals surface area contributed by atoms with E-state index in [1.165, 1.54) is 37.8 Å². The van der Waals surface area contributed by atoms with Gasteiger partial charge in [0.2, 0.25) is 0 Å². The Kier molecular flexibility index (Phi) is 4.96. The van der Waals surface area contributed by atoms with Crippen molar-refractivity contribution >= 4 is 23.6 Å². The van der Waals surface area contributed by atoms with Gasteiger partial charge in [-0.1, -0.05) is 103 Å². The van der Waals surface area contributed by atoms with Gasteiger partial charge in [0.1, 0.15) is 0 Å². The van der Waals surface area contributed by atoms with E-state index < -0.39 is 8.07 Å². The van der Waals surface area contributed by atoms with E-state index in [4.69, 9.17) is 0 Å². The molecular weight excluding hydrogens is 364 g/mol. The lowest BCUT2D eigenvalue weighted by atomic mass is 10.0. The Morgan fingerprint density at radius 1 is 0.621 bits per heavy atom. The van der Waals surface area contributed by atoms with E-state index in [0.717, 1.165) is 0 Å². The Hall–Kier alpha value is -2.64. The quantitative estimate of drug-likeness (QED) is 0.415. The minimum absolute atomic E-state index is 0.154. The molecule has 3 aromatic carbocycles. The molecule has 0 amide bonds. The van der Waals surface area contributed by atoms with Crippen molar-refractivity contribution in [2.75, 3.05) is 0 Å². The smallest absolute Gasteiger partial charge is 0.0624 e. The summed E-state index contributed by atoms with van der Waals surface area (Å²) in [5.41, 5.74) is 5.44. The summed E-state index contributed by atoms with van der Waals surface area (Å²) in [7, 11) is -2.47. The number of hydrogen-bond donors (Lipinski definition) is 0. The van der Waals surface area contributed by atoms with E-state index in [0.29, 0.717) is 0 Å². The first-order valence-corrected chi connectivity index (χ1v) is 12.4. The first-order valence-electron chi connectivity index (χ1n) is 10.4. The van der Waals surface area contributed by atoms with E-state index in [2.05, 4.69) is 126 Å². The van der Waals surface area contributed by atoms with Gasteiger partial charge >= 0.3 is 0 Å². The molecule has 0 spiro atoms. The highest BCUT2D eigenvalue weighted by Gasteiger charge is 2.56. The van der Waals surface area contributed by atoms with Crippen LogP contribution in [0.5, 0.6) is 0 Å². The van der Waals surface area contributed by atoms with Crippen LogP contribution in [0.1, 0.15) is 33.3 Å². The second-order valence-electron chi connectivity index (χ2n) is 8.47. The molecule has 0 heterocycles. The maximum Gasteiger partial charge on any atom is 0.162 e. The average molecular weight is 394 g/mol. The molecule has 1 aliphatic rings. The van der Waals surface area contributed by atoms with Crippen LogP contribution in [-0.2, 0) is 0 Å². The summed E-state index contributed by atoms with van der Waals surface area (Å²) in [5.74, 6) is 0. The molecule has 145 valence electrons. The Balaban J connectivity index is 2.18. The highest BCUT2D eigenvalue weighted by molar-refractivity contribution is 7.14. The fraction of sp³-hybridized carbons (Fsp3) is 0.214. The van der Waals surface area contributed by atoms with E-state index in [1.54, 1.807) is 0 Å². The van der Waals surface area contributed by atoms with Gasteiger partial charge in [-0.2, -0.15) is 0 Å². The van der Waals surface area contributed by atoms with Crippen molar-refractivity contribution in [2.24, 2.45) is 0 Å². The van der Waals surface area contributed by atoms with Crippen LogP contribution in [0.4, 0.5) is 0 Å². The molecule has 0 aromatic heterocycles. The van der Waals surface area contributed by atoms with Crippen molar-refractivity contribution in [3.63, 3.8) is 0 Å². The van der Waals surface area contributed by atoms with Crippen LogP contribution in [-0.4, -0.2) is 8.07 Å². The lowest BCUT2D eigenvalue weighted by molar-refractivity contribution is 0.848. The van der Waals surface area contributed by atoms with Crippen LogP contribution in [0, 0.1) is 13.0 Å². The minimum Gasteiger partial charge on any atom is -0.0624 e. The summed E-state index contributed by atoms with van der Waals surface area (Å²) >= 11 is 0. The molecule has 0 saturated heterocycles. The fourth-order valence-electron chi connectivity index (χ4n) is 5.14. The van der Waals surface area contributed by atoms with Crippen molar-refractivity contribution in [3.05, 3.63) is 113 Å². The molecule has 0 bridgehead atoms. The van der Waals surface area contributed by atoms with Crippen molar-refractivity contribution in [2.45, 2.75) is 39.7 Å². The zero-order valence-electron chi connectivity index (χ0n) is 18.1. The van der Waals surface area contributed by atoms with Crippen molar-refractivity contribution in [3.8, 4) is 0 Å². The molecule has 29 heavy (non-hydrogen) atoms. The van der Waals surface area contributed by atoms with Gasteiger partial charge in [0.15, 0.2) is 8.07 Å². The fourth-order valence-corrected chi connectivity index (χ4v) is 11.0. The molecule has 0 fully saturated rings. The van der Waals surface area contributed by atoms with Crippen molar-refractivity contribution < 1.29 is 0 Å². The van der Waals surface area contributed by atoms with E-state index >= 15 is 0 Å². The number of aryl methyl sites for hydroxylation is 1. The van der Waals surface area contributed by atoms with Gasteiger partial charge in [0.05, 0.1) is 0 Å². The number of rotatable bonds is 4. The summed E-state index contributed by atoms with van der Waals surface area (Å²) < 4.78 is 0. The summed E-state index contributed by atoms with van der Waals surface area (Å²) in [6.07, 6.45) is 3.99. The van der Waals surface area contributed by atoms with Gasteiger partial charge in [-0.3, -0.25) is 0 Å². The van der Waals surface area contributed by atoms with Crippen LogP contribution >= 0.6 is 0 Å². The average Bonchev–Trinajstić information content (AvgIpc) is 2.95. The van der Waals surface area contributed by atoms with Crippen LogP contribution in [0.2, 0.25) is 5.04 Å². The number of benzene rings is 3. The maximum absolute atomic E-state index is 3.99. The van der Waals surface area contributed by atoms with Gasteiger partial charge in [0, 0.05) is 5.04 Å². The van der Waals surface area contributed by atoms with Crippen LogP contribution in [0.25, 0.3) is 0 Å². The second-order valence-corrected chi connectivity index (χ2v) is 12.7.